The SMILES string of the molecule is CC(=O)Nc1nonc1-c1nnc(SCC(=O)N2CCCCC2)n1C. The summed E-state index contributed by atoms with van der Waals surface area (Å²) >= 11 is 1.32. The number of likely N-dealkylation sites (tertiary alicyclic amines) is 1. The Morgan fingerprint density at radius 2 is 1.96 bits per heavy atom. The first-order chi connectivity index (χ1) is 12.1. The molecule has 11 heteroatoms. The van der Waals surface area contributed by atoms with Crippen molar-refractivity contribution in [1.29, 1.82) is 0 Å². The first-order valence-electron chi connectivity index (χ1n) is 7.96. The number of anilines is 1. The monoisotopic (exact) mass is 365 g/mol. The van der Waals surface area contributed by atoms with Gasteiger partial charge in [0.15, 0.2) is 16.7 Å². The molecule has 0 aromatic carbocycles. The number of carbonyl (C=O) groups is 2. The number of nitrogens with one attached hydrogen (secondary N) is 1. The van der Waals surface area contributed by atoms with Crippen LogP contribution in [0.1, 0.15) is 26.2 Å². The van der Waals surface area contributed by atoms with Gasteiger partial charge in [0.2, 0.25) is 17.6 Å². The molecule has 1 aliphatic heterocycles. The molecule has 0 bridgehead atoms. The third-order valence-electron chi connectivity index (χ3n) is 3.86. The molecule has 0 spiro atoms. The summed E-state index contributed by atoms with van der Waals surface area (Å²) in [7, 11) is 1.76. The third kappa shape index (κ3) is 3.98. The van der Waals surface area contributed by atoms with Crippen LogP contribution in [0.2, 0.25) is 0 Å². The van der Waals surface area contributed by atoms with Gasteiger partial charge in [-0.3, -0.25) is 9.59 Å². The summed E-state index contributed by atoms with van der Waals surface area (Å²) in [5.74, 6) is 0.709. The van der Waals surface area contributed by atoms with Crippen molar-refractivity contribution in [2.45, 2.75) is 31.3 Å². The van der Waals surface area contributed by atoms with Gasteiger partial charge >= 0.3 is 0 Å². The van der Waals surface area contributed by atoms with Gasteiger partial charge in [-0.05, 0) is 29.6 Å². The van der Waals surface area contributed by atoms with E-state index in [-0.39, 0.29) is 17.6 Å². The number of hydrogen-bond acceptors (Lipinski definition) is 8. The fourth-order valence-electron chi connectivity index (χ4n) is 2.59. The summed E-state index contributed by atoms with van der Waals surface area (Å²) in [6, 6.07) is 0. The number of rotatable bonds is 5. The van der Waals surface area contributed by atoms with Gasteiger partial charge in [-0.15, -0.1) is 10.2 Å². The Morgan fingerprint density at radius 3 is 2.68 bits per heavy atom. The summed E-state index contributed by atoms with van der Waals surface area (Å²) in [6.07, 6.45) is 3.32. The van der Waals surface area contributed by atoms with Crippen LogP contribution in [-0.4, -0.2) is 60.6 Å². The van der Waals surface area contributed by atoms with E-state index >= 15 is 0 Å². The third-order valence-corrected chi connectivity index (χ3v) is 4.87. The fraction of sp³-hybridized carbons (Fsp3) is 0.571. The van der Waals surface area contributed by atoms with E-state index in [1.807, 2.05) is 4.90 Å². The predicted molar refractivity (Wildman–Crippen MR) is 89.8 cm³/mol. The Balaban J connectivity index is 1.68. The van der Waals surface area contributed by atoms with Gasteiger partial charge in [0, 0.05) is 27.1 Å². The number of carbonyl (C=O) groups excluding carboxylic acids is 2. The van der Waals surface area contributed by atoms with Crippen LogP contribution in [-0.2, 0) is 16.6 Å². The standard InChI is InChI=1S/C14H19N7O3S/c1-9(22)15-12-11(18-24-19-12)13-16-17-14(20(13)2)25-8-10(23)21-6-4-3-5-7-21/h3-8H2,1-2H3,(H,15,19,22). The number of thioether (sulfide) groups is 1. The van der Waals surface area contributed by atoms with Gasteiger partial charge in [0.1, 0.15) is 0 Å². The van der Waals surface area contributed by atoms with Crippen molar-refractivity contribution < 1.29 is 14.2 Å². The van der Waals surface area contributed by atoms with E-state index in [4.69, 9.17) is 0 Å². The fourth-order valence-corrected chi connectivity index (χ4v) is 3.41. The van der Waals surface area contributed by atoms with Gasteiger partial charge in [-0.1, -0.05) is 11.8 Å². The number of hydrogen-bond donors (Lipinski definition) is 1. The highest BCUT2D eigenvalue weighted by Crippen LogP contribution is 2.26. The Kier molecular flexibility index (Phi) is 5.31. The van der Waals surface area contributed by atoms with E-state index in [1.54, 1.807) is 11.6 Å². The highest BCUT2D eigenvalue weighted by Gasteiger charge is 2.22. The zero-order chi connectivity index (χ0) is 17.8. The van der Waals surface area contributed by atoms with Crippen LogP contribution >= 0.6 is 11.8 Å². The quantitative estimate of drug-likeness (QED) is 0.777. The van der Waals surface area contributed by atoms with Gasteiger partial charge in [0.25, 0.3) is 0 Å². The highest BCUT2D eigenvalue weighted by molar-refractivity contribution is 7.99. The molecule has 2 aromatic rings. The maximum Gasteiger partial charge on any atom is 0.233 e. The molecule has 134 valence electrons. The number of piperidine rings is 1. The smallest absolute Gasteiger partial charge is 0.233 e. The molecular formula is C14H19N7O3S. The predicted octanol–water partition coefficient (Wildman–Crippen LogP) is 0.928. The van der Waals surface area contributed by atoms with E-state index in [2.05, 4.69) is 30.5 Å². The van der Waals surface area contributed by atoms with E-state index in [0.29, 0.717) is 22.4 Å². The van der Waals surface area contributed by atoms with Gasteiger partial charge in [-0.2, -0.15) is 0 Å². The molecule has 1 saturated heterocycles. The first-order valence-corrected chi connectivity index (χ1v) is 8.95. The number of amides is 2. The van der Waals surface area contributed by atoms with E-state index < -0.39 is 0 Å². The van der Waals surface area contributed by atoms with Crippen molar-refractivity contribution in [3.05, 3.63) is 0 Å². The van der Waals surface area contributed by atoms with Gasteiger partial charge in [-0.25, -0.2) is 4.63 Å². The number of aromatic nitrogens is 5. The zero-order valence-electron chi connectivity index (χ0n) is 14.1. The lowest BCUT2D eigenvalue weighted by Gasteiger charge is -2.26. The average molecular weight is 365 g/mol. The molecular weight excluding hydrogens is 346 g/mol. The van der Waals surface area contributed by atoms with Crippen LogP contribution in [0.15, 0.2) is 9.79 Å². The highest BCUT2D eigenvalue weighted by atomic mass is 32.2. The normalized spacial score (nSPS) is 14.6. The minimum atomic E-state index is -0.291. The Morgan fingerprint density at radius 1 is 1.20 bits per heavy atom. The van der Waals surface area contributed by atoms with E-state index in [0.717, 1.165) is 25.9 Å². The molecule has 3 rings (SSSR count). The van der Waals surface area contributed by atoms with Crippen molar-refractivity contribution in [1.82, 2.24) is 30.0 Å². The summed E-state index contributed by atoms with van der Waals surface area (Å²) in [5, 5.41) is 18.7. The lowest BCUT2D eigenvalue weighted by molar-refractivity contribution is -0.129. The first kappa shape index (κ1) is 17.4. The van der Waals surface area contributed by atoms with Crippen LogP contribution in [0.3, 0.4) is 0 Å². The Hall–Kier alpha value is -2.43. The largest absolute Gasteiger partial charge is 0.342 e. The van der Waals surface area contributed by atoms with Crippen molar-refractivity contribution >= 4 is 29.4 Å². The molecule has 1 fully saturated rings. The van der Waals surface area contributed by atoms with Crippen molar-refractivity contribution in [2.24, 2.45) is 7.05 Å². The van der Waals surface area contributed by atoms with Crippen LogP contribution in [0.5, 0.6) is 0 Å². The van der Waals surface area contributed by atoms with Gasteiger partial charge in [0.05, 0.1) is 5.75 Å². The van der Waals surface area contributed by atoms with E-state index in [1.165, 1.54) is 25.1 Å². The molecule has 0 radical (unpaired) electrons. The molecule has 0 aliphatic carbocycles. The molecule has 0 saturated carbocycles. The molecule has 3 heterocycles. The molecule has 1 N–H and O–H groups in total. The molecule has 1 aliphatic rings. The van der Waals surface area contributed by atoms with Crippen molar-refractivity contribution in [2.75, 3.05) is 24.2 Å². The Labute approximate surface area is 148 Å². The summed E-state index contributed by atoms with van der Waals surface area (Å²) < 4.78 is 6.37. The van der Waals surface area contributed by atoms with Crippen LogP contribution in [0.25, 0.3) is 11.5 Å². The maximum atomic E-state index is 12.3. The molecule has 2 amide bonds. The summed E-state index contributed by atoms with van der Waals surface area (Å²) in [6.45, 7) is 3.02. The minimum Gasteiger partial charge on any atom is -0.342 e. The molecule has 10 nitrogen and oxygen atoms in total. The minimum absolute atomic E-state index is 0.108. The van der Waals surface area contributed by atoms with E-state index in [9.17, 15) is 9.59 Å². The van der Waals surface area contributed by atoms with Crippen molar-refractivity contribution in [3.8, 4) is 11.5 Å². The van der Waals surface area contributed by atoms with Crippen LogP contribution in [0, 0.1) is 0 Å². The molecule has 0 unspecified atom stereocenters. The maximum absolute atomic E-state index is 12.3. The molecule has 25 heavy (non-hydrogen) atoms. The van der Waals surface area contributed by atoms with Crippen LogP contribution < -0.4 is 5.32 Å². The topological polar surface area (TPSA) is 119 Å². The number of nitrogens with zero attached hydrogens (tertiary/aromatic N) is 6. The zero-order valence-corrected chi connectivity index (χ0v) is 14.9. The molecule has 2 aromatic heterocycles. The molecule has 0 atom stereocenters. The van der Waals surface area contributed by atoms with Crippen molar-refractivity contribution in [3.63, 3.8) is 0 Å². The lowest BCUT2D eigenvalue weighted by atomic mass is 10.1. The second-order valence-electron chi connectivity index (χ2n) is 5.74. The van der Waals surface area contributed by atoms with Gasteiger partial charge < -0.3 is 14.8 Å². The summed E-state index contributed by atoms with van der Waals surface area (Å²) in [5.41, 5.74) is 0.291. The Bertz CT molecular complexity index is 766. The van der Waals surface area contributed by atoms with Crippen LogP contribution in [0.4, 0.5) is 5.82 Å². The lowest BCUT2D eigenvalue weighted by Crippen LogP contribution is -2.36. The second-order valence-corrected chi connectivity index (χ2v) is 6.68. The average Bonchev–Trinajstić information content (AvgIpc) is 3.19. The second kappa shape index (κ2) is 7.64. The summed E-state index contributed by atoms with van der Waals surface area (Å²) in [4.78, 5) is 25.4.